The van der Waals surface area contributed by atoms with E-state index >= 15 is 0 Å². The second-order valence-corrected chi connectivity index (χ2v) is 8.74. The molecule has 6 nitrogen and oxygen atoms in total. The van der Waals surface area contributed by atoms with Gasteiger partial charge in [0.05, 0.1) is 5.75 Å². The van der Waals surface area contributed by atoms with E-state index in [0.717, 1.165) is 39.3 Å². The maximum Gasteiger partial charge on any atom is 0.219 e. The molecule has 2 heterocycles. The van der Waals surface area contributed by atoms with Gasteiger partial charge in [-0.2, -0.15) is 0 Å². The third kappa shape index (κ3) is 4.66. The van der Waals surface area contributed by atoms with Gasteiger partial charge in [-0.15, -0.1) is 0 Å². The van der Waals surface area contributed by atoms with Crippen molar-refractivity contribution >= 4 is 15.7 Å². The van der Waals surface area contributed by atoms with Crippen LogP contribution in [0.5, 0.6) is 0 Å². The van der Waals surface area contributed by atoms with Gasteiger partial charge in [0.1, 0.15) is 9.84 Å². The standard InChI is InChI=1S/C14H27N3O3S/c1-12-10-15(8-9-21(3,19)20)11-14(12)17-6-4-16(5-7-17)13(2)18/h12,14H,4-11H2,1-3H3/t12-,14+/m1/s1. The molecular weight excluding hydrogens is 290 g/mol. The van der Waals surface area contributed by atoms with Crippen molar-refractivity contribution in [3.8, 4) is 0 Å². The predicted molar refractivity (Wildman–Crippen MR) is 82.9 cm³/mol. The van der Waals surface area contributed by atoms with E-state index in [0.29, 0.717) is 18.5 Å². The molecule has 0 spiro atoms. The van der Waals surface area contributed by atoms with Crippen molar-refractivity contribution in [2.75, 3.05) is 57.8 Å². The van der Waals surface area contributed by atoms with Crippen LogP contribution in [0.4, 0.5) is 0 Å². The predicted octanol–water partition coefficient (Wildman–Crippen LogP) is -0.485. The van der Waals surface area contributed by atoms with Crippen LogP contribution in [0.3, 0.4) is 0 Å². The zero-order valence-corrected chi connectivity index (χ0v) is 14.1. The maximum absolute atomic E-state index is 11.4. The average Bonchev–Trinajstić information content (AvgIpc) is 2.77. The van der Waals surface area contributed by atoms with Gasteiger partial charge in [-0.3, -0.25) is 9.69 Å². The van der Waals surface area contributed by atoms with Gasteiger partial charge in [-0.25, -0.2) is 8.42 Å². The van der Waals surface area contributed by atoms with E-state index in [-0.39, 0.29) is 11.7 Å². The van der Waals surface area contributed by atoms with Crippen LogP contribution in [0, 0.1) is 5.92 Å². The number of carbonyl (C=O) groups excluding carboxylic acids is 1. The smallest absolute Gasteiger partial charge is 0.219 e. The fourth-order valence-corrected chi connectivity index (χ4v) is 3.96. The van der Waals surface area contributed by atoms with Crippen LogP contribution < -0.4 is 0 Å². The number of rotatable bonds is 4. The summed E-state index contributed by atoms with van der Waals surface area (Å²) in [5.41, 5.74) is 0. The fraction of sp³-hybridized carbons (Fsp3) is 0.929. The number of likely N-dealkylation sites (tertiary alicyclic amines) is 1. The summed E-state index contributed by atoms with van der Waals surface area (Å²) in [5.74, 6) is 0.946. The van der Waals surface area contributed by atoms with E-state index in [1.54, 1.807) is 6.92 Å². The molecule has 0 N–H and O–H groups in total. The highest BCUT2D eigenvalue weighted by Gasteiger charge is 2.35. The Labute approximate surface area is 128 Å². The van der Waals surface area contributed by atoms with Crippen molar-refractivity contribution in [1.29, 1.82) is 0 Å². The lowest BCUT2D eigenvalue weighted by Crippen LogP contribution is -2.53. The Morgan fingerprint density at radius 1 is 1.14 bits per heavy atom. The van der Waals surface area contributed by atoms with Crippen LogP contribution >= 0.6 is 0 Å². The number of sulfone groups is 1. The highest BCUT2D eigenvalue weighted by Crippen LogP contribution is 2.22. The number of hydrogen-bond donors (Lipinski definition) is 0. The molecule has 0 aromatic rings. The second-order valence-electron chi connectivity index (χ2n) is 6.48. The lowest BCUT2D eigenvalue weighted by molar-refractivity contribution is -0.130. The molecule has 0 radical (unpaired) electrons. The molecule has 7 heteroatoms. The van der Waals surface area contributed by atoms with Gasteiger partial charge in [0.15, 0.2) is 0 Å². The molecule has 0 unspecified atom stereocenters. The molecule has 0 saturated carbocycles. The SMILES string of the molecule is CC(=O)N1CCN([C@H]2CN(CCS(C)(=O)=O)C[C@H]2C)CC1. The normalized spacial score (nSPS) is 29.0. The van der Waals surface area contributed by atoms with Gasteiger partial charge in [-0.1, -0.05) is 6.92 Å². The molecule has 0 bridgehead atoms. The monoisotopic (exact) mass is 317 g/mol. The van der Waals surface area contributed by atoms with Gasteiger partial charge in [0, 0.05) is 65.0 Å². The number of carbonyl (C=O) groups is 1. The number of piperazine rings is 1. The minimum Gasteiger partial charge on any atom is -0.340 e. The van der Waals surface area contributed by atoms with Gasteiger partial charge >= 0.3 is 0 Å². The molecule has 2 rings (SSSR count). The van der Waals surface area contributed by atoms with Crippen LogP contribution in [0.25, 0.3) is 0 Å². The largest absolute Gasteiger partial charge is 0.340 e. The van der Waals surface area contributed by atoms with Gasteiger partial charge in [-0.05, 0) is 5.92 Å². The average molecular weight is 317 g/mol. The van der Waals surface area contributed by atoms with Crippen molar-refractivity contribution in [3.05, 3.63) is 0 Å². The van der Waals surface area contributed by atoms with E-state index in [1.807, 2.05) is 4.90 Å². The summed E-state index contributed by atoms with van der Waals surface area (Å²) in [7, 11) is -2.89. The first-order valence-corrected chi connectivity index (χ1v) is 9.72. The van der Waals surface area contributed by atoms with Crippen molar-refractivity contribution < 1.29 is 13.2 Å². The third-order valence-corrected chi connectivity index (χ3v) is 5.58. The summed E-state index contributed by atoms with van der Waals surface area (Å²) < 4.78 is 22.6. The van der Waals surface area contributed by atoms with Crippen molar-refractivity contribution in [3.63, 3.8) is 0 Å². The summed E-state index contributed by atoms with van der Waals surface area (Å²) in [5, 5.41) is 0. The summed E-state index contributed by atoms with van der Waals surface area (Å²) >= 11 is 0. The first-order valence-electron chi connectivity index (χ1n) is 7.66. The molecule has 1 amide bonds. The van der Waals surface area contributed by atoms with E-state index in [9.17, 15) is 13.2 Å². The summed E-state index contributed by atoms with van der Waals surface area (Å²) in [6.07, 6.45) is 1.30. The van der Waals surface area contributed by atoms with Gasteiger partial charge in [0.25, 0.3) is 0 Å². The van der Waals surface area contributed by atoms with Crippen molar-refractivity contribution in [2.24, 2.45) is 5.92 Å². The van der Waals surface area contributed by atoms with Crippen molar-refractivity contribution in [1.82, 2.24) is 14.7 Å². The first kappa shape index (κ1) is 16.7. The molecule has 2 aliphatic heterocycles. The van der Waals surface area contributed by atoms with Crippen LogP contribution in [0.2, 0.25) is 0 Å². The number of hydrogen-bond acceptors (Lipinski definition) is 5. The number of amides is 1. The summed E-state index contributed by atoms with van der Waals surface area (Å²) in [6.45, 7) is 9.87. The van der Waals surface area contributed by atoms with Crippen LogP contribution in [-0.2, 0) is 14.6 Å². The highest BCUT2D eigenvalue weighted by molar-refractivity contribution is 7.90. The quantitative estimate of drug-likeness (QED) is 0.701. The molecule has 2 aliphatic rings. The molecule has 122 valence electrons. The Morgan fingerprint density at radius 3 is 2.29 bits per heavy atom. The zero-order chi connectivity index (χ0) is 15.6. The molecule has 2 atom stereocenters. The Bertz CT molecular complexity index is 472. The molecule has 0 aromatic heterocycles. The van der Waals surface area contributed by atoms with Crippen LogP contribution in [0.15, 0.2) is 0 Å². The Hall–Kier alpha value is -0.660. The minimum absolute atomic E-state index is 0.156. The van der Waals surface area contributed by atoms with Gasteiger partial charge in [0.2, 0.25) is 5.91 Å². The molecule has 0 aromatic carbocycles. The van der Waals surface area contributed by atoms with E-state index < -0.39 is 9.84 Å². The lowest BCUT2D eigenvalue weighted by atomic mass is 10.0. The zero-order valence-electron chi connectivity index (χ0n) is 13.3. The highest BCUT2D eigenvalue weighted by atomic mass is 32.2. The van der Waals surface area contributed by atoms with Gasteiger partial charge < -0.3 is 9.80 Å². The number of nitrogens with zero attached hydrogens (tertiary/aromatic N) is 3. The second kappa shape index (κ2) is 6.62. The van der Waals surface area contributed by atoms with Crippen LogP contribution in [0.1, 0.15) is 13.8 Å². The van der Waals surface area contributed by atoms with E-state index in [4.69, 9.17) is 0 Å². The summed E-state index contributed by atoms with van der Waals surface area (Å²) in [6, 6.07) is 0.485. The topological polar surface area (TPSA) is 60.9 Å². The maximum atomic E-state index is 11.4. The van der Waals surface area contributed by atoms with Crippen molar-refractivity contribution in [2.45, 2.75) is 19.9 Å². The molecule has 2 fully saturated rings. The minimum atomic E-state index is -2.89. The fourth-order valence-electron chi connectivity index (χ4n) is 3.37. The Morgan fingerprint density at radius 2 is 1.76 bits per heavy atom. The van der Waals surface area contributed by atoms with E-state index in [2.05, 4.69) is 16.7 Å². The molecular formula is C14H27N3O3S. The van der Waals surface area contributed by atoms with Crippen LogP contribution in [-0.4, -0.2) is 92.9 Å². The summed E-state index contributed by atoms with van der Waals surface area (Å²) in [4.78, 5) is 18.0. The molecule has 21 heavy (non-hydrogen) atoms. The lowest BCUT2D eigenvalue weighted by Gasteiger charge is -2.39. The molecule has 0 aliphatic carbocycles. The Balaban J connectivity index is 1.83. The van der Waals surface area contributed by atoms with E-state index in [1.165, 1.54) is 6.26 Å². The first-order chi connectivity index (χ1) is 9.76. The molecule has 2 saturated heterocycles. The third-order valence-electron chi connectivity index (χ3n) is 4.66. The Kier molecular flexibility index (Phi) is 5.27.